The molecule has 1 aromatic rings. The molecule has 0 radical (unpaired) electrons. The standard InChI is InChI=1S/C15H20Cl2N2/c1-10-8-19(15(7-18-10)11-2-3-11)9-12-4-5-13(16)6-14(12)17/h4-6,10-11,15,18H,2-3,7-9H2,1H3. The van der Waals surface area contributed by atoms with Gasteiger partial charge in [0.2, 0.25) is 0 Å². The van der Waals surface area contributed by atoms with Crippen molar-refractivity contribution in [1.82, 2.24) is 10.2 Å². The molecule has 1 saturated heterocycles. The van der Waals surface area contributed by atoms with E-state index < -0.39 is 0 Å². The van der Waals surface area contributed by atoms with Crippen molar-refractivity contribution in [1.29, 1.82) is 0 Å². The Balaban J connectivity index is 1.75. The van der Waals surface area contributed by atoms with Crippen molar-refractivity contribution in [3.63, 3.8) is 0 Å². The molecule has 0 amide bonds. The molecule has 104 valence electrons. The van der Waals surface area contributed by atoms with Gasteiger partial charge in [-0.3, -0.25) is 4.90 Å². The number of piperazine rings is 1. The van der Waals surface area contributed by atoms with Gasteiger partial charge in [0.25, 0.3) is 0 Å². The van der Waals surface area contributed by atoms with E-state index in [1.807, 2.05) is 12.1 Å². The van der Waals surface area contributed by atoms with E-state index in [0.29, 0.717) is 17.1 Å². The van der Waals surface area contributed by atoms with Crippen LogP contribution in [0.25, 0.3) is 0 Å². The molecule has 2 nitrogen and oxygen atoms in total. The summed E-state index contributed by atoms with van der Waals surface area (Å²) in [6.07, 6.45) is 2.76. The van der Waals surface area contributed by atoms with Crippen molar-refractivity contribution in [2.24, 2.45) is 5.92 Å². The first-order chi connectivity index (χ1) is 9.13. The van der Waals surface area contributed by atoms with E-state index in [1.54, 1.807) is 0 Å². The molecule has 2 aliphatic rings. The summed E-state index contributed by atoms with van der Waals surface area (Å²) in [6, 6.07) is 7.06. The van der Waals surface area contributed by atoms with Crippen molar-refractivity contribution in [3.05, 3.63) is 33.8 Å². The van der Waals surface area contributed by atoms with Crippen molar-refractivity contribution in [2.75, 3.05) is 13.1 Å². The van der Waals surface area contributed by atoms with Crippen LogP contribution in [0.5, 0.6) is 0 Å². The zero-order chi connectivity index (χ0) is 13.4. The Morgan fingerprint density at radius 3 is 2.79 bits per heavy atom. The van der Waals surface area contributed by atoms with Gasteiger partial charge in [-0.2, -0.15) is 0 Å². The molecule has 0 spiro atoms. The summed E-state index contributed by atoms with van der Waals surface area (Å²) in [5.41, 5.74) is 1.19. The molecule has 4 heteroatoms. The summed E-state index contributed by atoms with van der Waals surface area (Å²) in [7, 11) is 0. The Morgan fingerprint density at radius 1 is 1.32 bits per heavy atom. The maximum absolute atomic E-state index is 6.30. The SMILES string of the molecule is CC1CN(Cc2ccc(Cl)cc2Cl)C(C2CC2)CN1. The summed E-state index contributed by atoms with van der Waals surface area (Å²) in [4.78, 5) is 2.59. The van der Waals surface area contributed by atoms with Gasteiger partial charge in [0.05, 0.1) is 0 Å². The molecular weight excluding hydrogens is 279 g/mol. The van der Waals surface area contributed by atoms with Gasteiger partial charge in [0.1, 0.15) is 0 Å². The number of rotatable bonds is 3. The highest BCUT2D eigenvalue weighted by Gasteiger charge is 2.37. The second-order valence-corrected chi connectivity index (χ2v) is 6.72. The molecule has 1 saturated carbocycles. The summed E-state index contributed by atoms with van der Waals surface area (Å²) in [6.45, 7) is 5.39. The fourth-order valence-electron chi connectivity index (χ4n) is 3.00. The van der Waals surface area contributed by atoms with E-state index >= 15 is 0 Å². The molecule has 1 heterocycles. The van der Waals surface area contributed by atoms with Gasteiger partial charge in [0.15, 0.2) is 0 Å². The predicted octanol–water partition coefficient (Wildman–Crippen LogP) is 3.57. The van der Waals surface area contributed by atoms with Crippen LogP contribution in [-0.4, -0.2) is 30.1 Å². The van der Waals surface area contributed by atoms with Gasteiger partial charge < -0.3 is 5.32 Å². The van der Waals surface area contributed by atoms with Gasteiger partial charge in [-0.1, -0.05) is 29.3 Å². The molecule has 1 aliphatic carbocycles. The highest BCUT2D eigenvalue weighted by molar-refractivity contribution is 6.35. The highest BCUT2D eigenvalue weighted by Crippen LogP contribution is 2.37. The molecule has 2 fully saturated rings. The smallest absolute Gasteiger partial charge is 0.0465 e. The van der Waals surface area contributed by atoms with Gasteiger partial charge in [-0.25, -0.2) is 0 Å². The maximum Gasteiger partial charge on any atom is 0.0465 e. The number of nitrogens with zero attached hydrogens (tertiary/aromatic N) is 1. The average Bonchev–Trinajstić information content (AvgIpc) is 3.17. The molecule has 3 rings (SSSR count). The molecule has 1 aromatic carbocycles. The Kier molecular flexibility index (Phi) is 4.04. The van der Waals surface area contributed by atoms with Crippen LogP contribution in [0, 0.1) is 5.92 Å². The van der Waals surface area contributed by atoms with Crippen LogP contribution in [0.4, 0.5) is 0 Å². The molecule has 0 aromatic heterocycles. The van der Waals surface area contributed by atoms with E-state index in [0.717, 1.165) is 30.6 Å². The van der Waals surface area contributed by atoms with Crippen molar-refractivity contribution in [3.8, 4) is 0 Å². The van der Waals surface area contributed by atoms with Crippen molar-refractivity contribution < 1.29 is 0 Å². The predicted molar refractivity (Wildman–Crippen MR) is 80.8 cm³/mol. The molecule has 2 unspecified atom stereocenters. The third-order valence-corrected chi connectivity index (χ3v) is 4.79. The van der Waals surface area contributed by atoms with Crippen LogP contribution < -0.4 is 5.32 Å². The van der Waals surface area contributed by atoms with Crippen LogP contribution in [0.1, 0.15) is 25.3 Å². The second kappa shape index (κ2) is 5.61. The van der Waals surface area contributed by atoms with Gasteiger partial charge >= 0.3 is 0 Å². The Labute approximate surface area is 125 Å². The minimum Gasteiger partial charge on any atom is -0.311 e. The number of hydrogen-bond acceptors (Lipinski definition) is 2. The first kappa shape index (κ1) is 13.7. The Morgan fingerprint density at radius 2 is 2.11 bits per heavy atom. The Bertz CT molecular complexity index is 459. The largest absolute Gasteiger partial charge is 0.311 e. The molecule has 1 N–H and O–H groups in total. The monoisotopic (exact) mass is 298 g/mol. The van der Waals surface area contributed by atoms with Gasteiger partial charge in [-0.15, -0.1) is 0 Å². The first-order valence-electron chi connectivity index (χ1n) is 7.05. The zero-order valence-electron chi connectivity index (χ0n) is 11.2. The lowest BCUT2D eigenvalue weighted by molar-refractivity contribution is 0.112. The van der Waals surface area contributed by atoms with E-state index in [1.165, 1.54) is 18.4 Å². The van der Waals surface area contributed by atoms with Crippen molar-refractivity contribution in [2.45, 2.75) is 38.4 Å². The quantitative estimate of drug-likeness (QED) is 0.918. The topological polar surface area (TPSA) is 15.3 Å². The van der Waals surface area contributed by atoms with Crippen LogP contribution in [0.15, 0.2) is 18.2 Å². The molecule has 1 aliphatic heterocycles. The van der Waals surface area contributed by atoms with E-state index in [2.05, 4.69) is 23.2 Å². The summed E-state index contributed by atoms with van der Waals surface area (Å²) in [5, 5.41) is 5.09. The van der Waals surface area contributed by atoms with Crippen LogP contribution >= 0.6 is 23.2 Å². The van der Waals surface area contributed by atoms with Gasteiger partial charge in [0, 0.05) is 41.8 Å². The summed E-state index contributed by atoms with van der Waals surface area (Å²) >= 11 is 12.3. The normalized spacial score (nSPS) is 28.6. The lowest BCUT2D eigenvalue weighted by Gasteiger charge is -2.40. The summed E-state index contributed by atoms with van der Waals surface area (Å²) in [5.74, 6) is 0.881. The third kappa shape index (κ3) is 3.25. The Hall–Kier alpha value is -0.280. The third-order valence-electron chi connectivity index (χ3n) is 4.21. The lowest BCUT2D eigenvalue weighted by Crippen LogP contribution is -2.55. The molecule has 0 bridgehead atoms. The number of nitrogens with one attached hydrogen (secondary N) is 1. The average molecular weight is 299 g/mol. The molecule has 19 heavy (non-hydrogen) atoms. The number of benzene rings is 1. The highest BCUT2D eigenvalue weighted by atomic mass is 35.5. The minimum atomic E-state index is 0.557. The van der Waals surface area contributed by atoms with E-state index in [9.17, 15) is 0 Å². The van der Waals surface area contributed by atoms with Crippen LogP contribution in [-0.2, 0) is 6.54 Å². The maximum atomic E-state index is 6.30. The van der Waals surface area contributed by atoms with E-state index in [-0.39, 0.29) is 0 Å². The minimum absolute atomic E-state index is 0.557. The molecular formula is C15H20Cl2N2. The zero-order valence-corrected chi connectivity index (χ0v) is 12.7. The van der Waals surface area contributed by atoms with E-state index in [4.69, 9.17) is 23.2 Å². The molecule has 2 atom stereocenters. The number of hydrogen-bond donors (Lipinski definition) is 1. The first-order valence-corrected chi connectivity index (χ1v) is 7.80. The van der Waals surface area contributed by atoms with Crippen LogP contribution in [0.3, 0.4) is 0 Å². The second-order valence-electron chi connectivity index (χ2n) is 5.88. The fraction of sp³-hybridized carbons (Fsp3) is 0.600. The van der Waals surface area contributed by atoms with Gasteiger partial charge in [-0.05, 0) is 43.4 Å². The summed E-state index contributed by atoms with van der Waals surface area (Å²) < 4.78 is 0. The lowest BCUT2D eigenvalue weighted by atomic mass is 10.0. The number of halogens is 2. The van der Waals surface area contributed by atoms with Crippen molar-refractivity contribution >= 4 is 23.2 Å². The fourth-order valence-corrected chi connectivity index (χ4v) is 3.47. The van der Waals surface area contributed by atoms with Crippen LogP contribution in [0.2, 0.25) is 10.0 Å².